The van der Waals surface area contributed by atoms with Crippen molar-refractivity contribution in [3.05, 3.63) is 18.2 Å². The topological polar surface area (TPSA) is 70.1 Å². The van der Waals surface area contributed by atoms with E-state index in [0.29, 0.717) is 5.92 Å². The van der Waals surface area contributed by atoms with Crippen molar-refractivity contribution in [1.29, 1.82) is 0 Å². The van der Waals surface area contributed by atoms with Crippen LogP contribution in [0.2, 0.25) is 0 Å². The molecule has 0 spiro atoms. The normalized spacial score (nSPS) is 24.2. The van der Waals surface area contributed by atoms with Crippen LogP contribution in [0.5, 0.6) is 0 Å². The molecule has 1 aliphatic rings. The maximum absolute atomic E-state index is 11.7. The molecule has 5 heteroatoms. The molecule has 1 aromatic rings. The molecular weight excluding hydrogens is 206 g/mol. The van der Waals surface area contributed by atoms with Crippen LogP contribution in [0.4, 0.5) is 4.79 Å². The first-order valence-corrected chi connectivity index (χ1v) is 5.39. The minimum Gasteiger partial charge on any atom is -0.443 e. The van der Waals surface area contributed by atoms with Gasteiger partial charge in [-0.3, -0.25) is 0 Å². The van der Waals surface area contributed by atoms with E-state index in [0.717, 1.165) is 12.1 Å². The molecule has 0 aromatic carbocycles. The van der Waals surface area contributed by atoms with Gasteiger partial charge in [-0.05, 0) is 27.2 Å². The van der Waals surface area contributed by atoms with Crippen molar-refractivity contribution in [2.24, 2.45) is 5.73 Å². The number of nitrogens with two attached hydrogens (primary N) is 1. The lowest BCUT2D eigenvalue weighted by Crippen LogP contribution is -2.26. The van der Waals surface area contributed by atoms with Crippen LogP contribution >= 0.6 is 0 Å². The molecule has 1 fully saturated rings. The number of hydrogen-bond donors (Lipinski definition) is 1. The molecule has 1 aromatic heterocycles. The van der Waals surface area contributed by atoms with Crippen LogP contribution in [-0.2, 0) is 4.74 Å². The average Bonchev–Trinajstić information content (AvgIpc) is 2.69. The quantitative estimate of drug-likeness (QED) is 0.782. The minimum atomic E-state index is -0.489. The molecule has 5 nitrogen and oxygen atoms in total. The zero-order valence-corrected chi connectivity index (χ0v) is 9.80. The van der Waals surface area contributed by atoms with Crippen LogP contribution in [0.15, 0.2) is 12.5 Å². The summed E-state index contributed by atoms with van der Waals surface area (Å²) in [5, 5.41) is 0. The molecule has 0 radical (unpaired) electrons. The van der Waals surface area contributed by atoms with Gasteiger partial charge in [-0.1, -0.05) is 0 Å². The molecular formula is C11H17N3O2. The lowest BCUT2D eigenvalue weighted by Gasteiger charge is -2.19. The number of hydrogen-bond acceptors (Lipinski definition) is 4. The predicted molar refractivity (Wildman–Crippen MR) is 59.2 cm³/mol. The second-order valence-corrected chi connectivity index (χ2v) is 5.19. The maximum atomic E-state index is 11.7. The lowest BCUT2D eigenvalue weighted by molar-refractivity contribution is 0.0536. The molecule has 2 N–H and O–H groups in total. The Bertz CT molecular complexity index is 406. The molecule has 1 heterocycles. The molecule has 1 aliphatic carbocycles. The van der Waals surface area contributed by atoms with E-state index >= 15 is 0 Å². The summed E-state index contributed by atoms with van der Waals surface area (Å²) in [7, 11) is 0. The van der Waals surface area contributed by atoms with Gasteiger partial charge in [-0.25, -0.2) is 14.3 Å². The molecule has 16 heavy (non-hydrogen) atoms. The summed E-state index contributed by atoms with van der Waals surface area (Å²) in [5.41, 5.74) is 6.11. The number of carbonyl (C=O) groups excluding carboxylic acids is 1. The first-order valence-electron chi connectivity index (χ1n) is 5.39. The van der Waals surface area contributed by atoms with Crippen molar-refractivity contribution in [1.82, 2.24) is 9.55 Å². The summed E-state index contributed by atoms with van der Waals surface area (Å²) in [5.74, 6) is 0.309. The molecule has 2 rings (SSSR count). The monoisotopic (exact) mass is 223 g/mol. The Morgan fingerprint density at radius 1 is 1.62 bits per heavy atom. The fourth-order valence-corrected chi connectivity index (χ4v) is 1.50. The average molecular weight is 223 g/mol. The van der Waals surface area contributed by atoms with Gasteiger partial charge < -0.3 is 10.5 Å². The molecule has 0 aliphatic heterocycles. The van der Waals surface area contributed by atoms with E-state index in [-0.39, 0.29) is 6.04 Å². The summed E-state index contributed by atoms with van der Waals surface area (Å²) in [4.78, 5) is 15.8. The van der Waals surface area contributed by atoms with Gasteiger partial charge in [0.2, 0.25) is 0 Å². The van der Waals surface area contributed by atoms with Crippen molar-refractivity contribution in [3.63, 3.8) is 0 Å². The van der Waals surface area contributed by atoms with Crippen LogP contribution in [0.3, 0.4) is 0 Å². The Balaban J connectivity index is 2.04. The number of carbonyl (C=O) groups is 1. The molecule has 88 valence electrons. The second-order valence-electron chi connectivity index (χ2n) is 5.19. The predicted octanol–water partition coefficient (Wildman–Crippen LogP) is 1.48. The summed E-state index contributed by atoms with van der Waals surface area (Å²) in [6, 6.07) is 0.196. The third kappa shape index (κ3) is 2.41. The standard InChI is InChI=1S/C11H17N3O2/c1-11(2,3)16-10(15)14-5-9(13-6-14)7-4-8(7)12/h5-8H,4,12H2,1-3H3/t7-,8-/m1/s1. The number of nitrogens with zero attached hydrogens (tertiary/aromatic N) is 2. The molecule has 1 saturated carbocycles. The van der Waals surface area contributed by atoms with E-state index in [1.54, 1.807) is 6.20 Å². The zero-order valence-electron chi connectivity index (χ0n) is 9.80. The third-order valence-corrected chi connectivity index (χ3v) is 2.43. The Kier molecular flexibility index (Phi) is 2.50. The molecule has 0 amide bonds. The highest BCUT2D eigenvalue weighted by molar-refractivity contribution is 5.70. The third-order valence-electron chi connectivity index (χ3n) is 2.43. The Morgan fingerprint density at radius 3 is 2.75 bits per heavy atom. The Morgan fingerprint density at radius 2 is 2.25 bits per heavy atom. The van der Waals surface area contributed by atoms with E-state index in [1.165, 1.54) is 10.9 Å². The van der Waals surface area contributed by atoms with Gasteiger partial charge in [0.1, 0.15) is 11.9 Å². The van der Waals surface area contributed by atoms with Crippen molar-refractivity contribution < 1.29 is 9.53 Å². The van der Waals surface area contributed by atoms with Gasteiger partial charge in [0.15, 0.2) is 0 Å². The highest BCUT2D eigenvalue weighted by atomic mass is 16.6. The summed E-state index contributed by atoms with van der Waals surface area (Å²) in [6.07, 6.45) is 3.73. The largest absolute Gasteiger partial charge is 0.443 e. The number of rotatable bonds is 1. The van der Waals surface area contributed by atoms with Crippen LogP contribution < -0.4 is 5.73 Å². The maximum Gasteiger partial charge on any atom is 0.419 e. The van der Waals surface area contributed by atoms with Gasteiger partial charge >= 0.3 is 6.09 Å². The van der Waals surface area contributed by atoms with E-state index in [2.05, 4.69) is 4.98 Å². The second kappa shape index (κ2) is 3.59. The van der Waals surface area contributed by atoms with Crippen molar-refractivity contribution in [3.8, 4) is 0 Å². The fraction of sp³-hybridized carbons (Fsp3) is 0.636. The number of ether oxygens (including phenoxy) is 1. The van der Waals surface area contributed by atoms with E-state index < -0.39 is 11.7 Å². The number of imidazole rings is 1. The summed E-state index contributed by atoms with van der Waals surface area (Å²) in [6.45, 7) is 5.50. The number of aromatic nitrogens is 2. The highest BCUT2D eigenvalue weighted by Crippen LogP contribution is 2.37. The molecule has 0 unspecified atom stereocenters. The van der Waals surface area contributed by atoms with Crippen LogP contribution in [0.1, 0.15) is 38.8 Å². The molecule has 2 atom stereocenters. The van der Waals surface area contributed by atoms with E-state index in [9.17, 15) is 4.79 Å². The Hall–Kier alpha value is -1.36. The smallest absolute Gasteiger partial charge is 0.419 e. The van der Waals surface area contributed by atoms with Crippen molar-refractivity contribution in [2.45, 2.75) is 44.8 Å². The van der Waals surface area contributed by atoms with Gasteiger partial charge in [0.25, 0.3) is 0 Å². The minimum absolute atomic E-state index is 0.196. The summed E-state index contributed by atoms with van der Waals surface area (Å²) < 4.78 is 6.58. The van der Waals surface area contributed by atoms with Gasteiger partial charge in [0.05, 0.1) is 5.69 Å². The van der Waals surface area contributed by atoms with Crippen molar-refractivity contribution in [2.75, 3.05) is 0 Å². The van der Waals surface area contributed by atoms with Gasteiger partial charge in [0, 0.05) is 18.2 Å². The molecule has 0 bridgehead atoms. The van der Waals surface area contributed by atoms with Gasteiger partial charge in [-0.15, -0.1) is 0 Å². The SMILES string of the molecule is CC(C)(C)OC(=O)n1cnc([C@@H]2C[C@H]2N)c1. The highest BCUT2D eigenvalue weighted by Gasteiger charge is 2.37. The van der Waals surface area contributed by atoms with Crippen molar-refractivity contribution >= 4 is 6.09 Å². The molecule has 0 saturated heterocycles. The van der Waals surface area contributed by atoms with Crippen LogP contribution in [0.25, 0.3) is 0 Å². The summed E-state index contributed by atoms with van der Waals surface area (Å²) >= 11 is 0. The lowest BCUT2D eigenvalue weighted by atomic mass is 10.2. The van der Waals surface area contributed by atoms with Crippen LogP contribution in [0, 0.1) is 0 Å². The zero-order chi connectivity index (χ0) is 11.9. The van der Waals surface area contributed by atoms with E-state index in [1.807, 2.05) is 20.8 Å². The van der Waals surface area contributed by atoms with Gasteiger partial charge in [-0.2, -0.15) is 0 Å². The fourth-order valence-electron chi connectivity index (χ4n) is 1.50. The van der Waals surface area contributed by atoms with E-state index in [4.69, 9.17) is 10.5 Å². The Labute approximate surface area is 94.6 Å². The first-order chi connectivity index (χ1) is 7.37. The van der Waals surface area contributed by atoms with Crippen LogP contribution in [-0.4, -0.2) is 27.3 Å². The first kappa shape index (κ1) is 11.1.